The van der Waals surface area contributed by atoms with Crippen LogP contribution in [0.5, 0.6) is 0 Å². The summed E-state index contributed by atoms with van der Waals surface area (Å²) in [5, 5.41) is 0. The molecule has 0 radical (unpaired) electrons. The molecule has 0 unspecified atom stereocenters. The molecule has 1 amide bonds. The third-order valence-corrected chi connectivity index (χ3v) is 4.66. The molecule has 0 saturated heterocycles. The van der Waals surface area contributed by atoms with Gasteiger partial charge in [0.2, 0.25) is 15.9 Å². The molecule has 0 saturated carbocycles. The largest absolute Gasteiger partial charge is 0.343 e. The van der Waals surface area contributed by atoms with Crippen LogP contribution in [0.15, 0.2) is 0 Å². The van der Waals surface area contributed by atoms with Gasteiger partial charge >= 0.3 is 0 Å². The molecule has 0 aliphatic rings. The molecule has 0 aliphatic heterocycles. The minimum Gasteiger partial charge on any atom is -0.343 e. The van der Waals surface area contributed by atoms with Gasteiger partial charge in [-0.3, -0.25) is 4.79 Å². The summed E-state index contributed by atoms with van der Waals surface area (Å²) < 4.78 is 24.2. The Morgan fingerprint density at radius 3 is 2.27 bits per heavy atom. The van der Waals surface area contributed by atoms with E-state index in [1.54, 1.807) is 4.90 Å². The van der Waals surface area contributed by atoms with E-state index in [0.29, 0.717) is 13.1 Å². The van der Waals surface area contributed by atoms with E-state index in [9.17, 15) is 13.2 Å². The summed E-state index contributed by atoms with van der Waals surface area (Å²) in [4.78, 5) is 13.1. The van der Waals surface area contributed by atoms with Crippen LogP contribution in [0.25, 0.3) is 0 Å². The molecule has 0 atom stereocenters. The molecule has 0 aromatic heterocycles. The minimum absolute atomic E-state index is 0.0303. The van der Waals surface area contributed by atoms with Crippen LogP contribution in [-0.2, 0) is 14.8 Å². The van der Waals surface area contributed by atoms with Gasteiger partial charge in [-0.05, 0) is 13.8 Å². The highest BCUT2D eigenvalue weighted by molar-refractivity contribution is 9.10. The number of hydrogen-bond donors (Lipinski definition) is 1. The number of alkyl halides is 1. The van der Waals surface area contributed by atoms with Crippen LogP contribution in [0.2, 0.25) is 0 Å². The Balaban J connectivity index is 3.92. The van der Waals surface area contributed by atoms with Gasteiger partial charge in [0.15, 0.2) is 0 Å². The fraction of sp³-hybridized carbons (Fsp3) is 0.875. The maximum atomic E-state index is 11.5. The lowest BCUT2D eigenvalue weighted by Crippen LogP contribution is -2.34. The van der Waals surface area contributed by atoms with Crippen LogP contribution in [-0.4, -0.2) is 43.5 Å². The van der Waals surface area contributed by atoms with E-state index in [1.807, 2.05) is 13.8 Å². The van der Waals surface area contributed by atoms with Crippen molar-refractivity contribution in [2.75, 3.05) is 24.3 Å². The Labute approximate surface area is 99.4 Å². The monoisotopic (exact) mass is 300 g/mol. The van der Waals surface area contributed by atoms with E-state index in [0.717, 1.165) is 0 Å². The molecule has 0 aromatic carbocycles. The fourth-order valence-electron chi connectivity index (χ4n) is 1.09. The molecule has 0 rings (SSSR count). The summed E-state index contributed by atoms with van der Waals surface area (Å²) in [7, 11) is -3.26. The zero-order valence-electron chi connectivity index (χ0n) is 8.99. The number of carbonyl (C=O) groups is 1. The predicted molar refractivity (Wildman–Crippen MR) is 63.3 cm³/mol. The van der Waals surface area contributed by atoms with Crippen LogP contribution in [0.4, 0.5) is 0 Å². The Kier molecular flexibility index (Phi) is 7.12. The van der Waals surface area contributed by atoms with Gasteiger partial charge in [0.1, 0.15) is 4.66 Å². The number of nitrogens with zero attached hydrogens (tertiary/aromatic N) is 1. The second-order valence-electron chi connectivity index (χ2n) is 2.93. The second-order valence-corrected chi connectivity index (χ2v) is 6.04. The molecule has 90 valence electrons. The summed E-state index contributed by atoms with van der Waals surface area (Å²) in [6.07, 6.45) is 0.202. The molecular weight excluding hydrogens is 284 g/mol. The van der Waals surface area contributed by atoms with E-state index in [4.69, 9.17) is 0 Å². The SMILES string of the molecule is CCN(CC)C(=O)CCNS(=O)(=O)CBr. The average Bonchev–Trinajstić information content (AvgIpc) is 2.19. The van der Waals surface area contributed by atoms with Gasteiger partial charge in [-0.15, -0.1) is 0 Å². The molecule has 0 aliphatic carbocycles. The number of rotatable bonds is 7. The van der Waals surface area contributed by atoms with Gasteiger partial charge in [-0.25, -0.2) is 13.1 Å². The first-order chi connectivity index (χ1) is 6.96. The number of amides is 1. The van der Waals surface area contributed by atoms with Crippen molar-refractivity contribution < 1.29 is 13.2 Å². The number of nitrogens with one attached hydrogen (secondary N) is 1. The Hall–Kier alpha value is -0.140. The van der Waals surface area contributed by atoms with Gasteiger partial charge in [-0.1, -0.05) is 15.9 Å². The van der Waals surface area contributed by atoms with Gasteiger partial charge in [0.25, 0.3) is 0 Å². The summed E-state index contributed by atoms with van der Waals surface area (Å²) in [6, 6.07) is 0. The standard InChI is InChI=1S/C8H17BrN2O3S/c1-3-11(4-2)8(12)5-6-10-15(13,14)7-9/h10H,3-7H2,1-2H3. The van der Waals surface area contributed by atoms with Crippen LogP contribution in [0, 0.1) is 0 Å². The quantitative estimate of drug-likeness (QED) is 0.697. The molecule has 15 heavy (non-hydrogen) atoms. The lowest BCUT2D eigenvalue weighted by Gasteiger charge is -2.18. The third-order valence-electron chi connectivity index (χ3n) is 1.92. The highest BCUT2D eigenvalue weighted by Gasteiger charge is 2.11. The van der Waals surface area contributed by atoms with E-state index < -0.39 is 10.0 Å². The zero-order valence-corrected chi connectivity index (χ0v) is 11.4. The Morgan fingerprint density at radius 2 is 1.87 bits per heavy atom. The van der Waals surface area contributed by atoms with Crippen LogP contribution in [0.1, 0.15) is 20.3 Å². The highest BCUT2D eigenvalue weighted by atomic mass is 79.9. The highest BCUT2D eigenvalue weighted by Crippen LogP contribution is 1.95. The topological polar surface area (TPSA) is 66.5 Å². The molecule has 1 N–H and O–H groups in total. The molecule has 0 heterocycles. The van der Waals surface area contributed by atoms with E-state index in [2.05, 4.69) is 20.7 Å². The molecular formula is C8H17BrN2O3S. The molecule has 0 aromatic rings. The van der Waals surface area contributed by atoms with E-state index >= 15 is 0 Å². The Bertz CT molecular complexity index is 288. The summed E-state index contributed by atoms with van der Waals surface area (Å²) in [5.74, 6) is -0.0303. The van der Waals surface area contributed by atoms with Crippen molar-refractivity contribution in [2.45, 2.75) is 20.3 Å². The maximum absolute atomic E-state index is 11.5. The van der Waals surface area contributed by atoms with Crippen molar-refractivity contribution in [1.82, 2.24) is 9.62 Å². The first kappa shape index (κ1) is 14.9. The lowest BCUT2D eigenvalue weighted by molar-refractivity contribution is -0.130. The summed E-state index contributed by atoms with van der Waals surface area (Å²) in [6.45, 7) is 5.25. The number of carbonyl (C=O) groups excluding carboxylic acids is 1. The van der Waals surface area contributed by atoms with Gasteiger partial charge in [0, 0.05) is 26.1 Å². The van der Waals surface area contributed by atoms with Crippen LogP contribution >= 0.6 is 15.9 Å². The van der Waals surface area contributed by atoms with Gasteiger partial charge in [-0.2, -0.15) is 0 Å². The first-order valence-electron chi connectivity index (χ1n) is 4.77. The van der Waals surface area contributed by atoms with Crippen molar-refractivity contribution in [3.63, 3.8) is 0 Å². The number of hydrogen-bond acceptors (Lipinski definition) is 3. The van der Waals surface area contributed by atoms with Crippen LogP contribution in [0.3, 0.4) is 0 Å². The molecule has 5 nitrogen and oxygen atoms in total. The van der Waals surface area contributed by atoms with Crippen molar-refractivity contribution >= 4 is 31.9 Å². The van der Waals surface area contributed by atoms with Crippen molar-refractivity contribution in [3.05, 3.63) is 0 Å². The van der Waals surface area contributed by atoms with Gasteiger partial charge in [0.05, 0.1) is 0 Å². The average molecular weight is 301 g/mol. The normalized spacial score (nSPS) is 11.4. The number of halogens is 1. The third kappa shape index (κ3) is 6.11. The fourth-order valence-corrected chi connectivity index (χ4v) is 2.06. The summed E-state index contributed by atoms with van der Waals surface area (Å²) in [5.41, 5.74) is 0. The van der Waals surface area contributed by atoms with Gasteiger partial charge < -0.3 is 4.90 Å². The molecule has 7 heteroatoms. The Morgan fingerprint density at radius 1 is 1.33 bits per heavy atom. The number of sulfonamides is 1. The van der Waals surface area contributed by atoms with E-state index in [1.165, 1.54) is 0 Å². The summed E-state index contributed by atoms with van der Waals surface area (Å²) >= 11 is 2.85. The molecule has 0 fully saturated rings. The zero-order chi connectivity index (χ0) is 11.9. The van der Waals surface area contributed by atoms with Crippen molar-refractivity contribution in [3.8, 4) is 0 Å². The van der Waals surface area contributed by atoms with Crippen molar-refractivity contribution in [2.24, 2.45) is 0 Å². The minimum atomic E-state index is -3.26. The molecule has 0 bridgehead atoms. The van der Waals surface area contributed by atoms with E-state index in [-0.39, 0.29) is 23.5 Å². The smallest absolute Gasteiger partial charge is 0.223 e. The molecule has 0 spiro atoms. The maximum Gasteiger partial charge on any atom is 0.223 e. The van der Waals surface area contributed by atoms with Crippen LogP contribution < -0.4 is 4.72 Å². The first-order valence-corrected chi connectivity index (χ1v) is 7.55. The lowest BCUT2D eigenvalue weighted by atomic mass is 10.3. The predicted octanol–water partition coefficient (Wildman–Crippen LogP) is 0.517. The second kappa shape index (κ2) is 7.19. The van der Waals surface area contributed by atoms with Crippen molar-refractivity contribution in [1.29, 1.82) is 0 Å².